The van der Waals surface area contributed by atoms with Crippen LogP contribution in [-0.2, 0) is 0 Å². The van der Waals surface area contributed by atoms with Crippen molar-refractivity contribution in [2.24, 2.45) is 0 Å². The highest BCUT2D eigenvalue weighted by atomic mass is 19.4. The lowest BCUT2D eigenvalue weighted by molar-refractivity contribution is -0.149. The van der Waals surface area contributed by atoms with Crippen LogP contribution >= 0.6 is 0 Å². The number of alkyl halides is 3. The SMILES string of the molecule is C[C@@H](NC(=O)c1ccc2c(n1)N[C@H]1CCCN2C1)C(F)(F)F. The van der Waals surface area contributed by atoms with Crippen LogP contribution in [0.25, 0.3) is 0 Å². The molecule has 1 saturated heterocycles. The van der Waals surface area contributed by atoms with Gasteiger partial charge >= 0.3 is 6.18 Å². The van der Waals surface area contributed by atoms with Crippen molar-refractivity contribution in [2.45, 2.75) is 38.0 Å². The molecule has 0 unspecified atom stereocenters. The Kier molecular flexibility index (Phi) is 3.62. The fourth-order valence-corrected chi connectivity index (χ4v) is 2.80. The van der Waals surface area contributed by atoms with E-state index in [1.807, 2.05) is 5.32 Å². The molecule has 0 spiro atoms. The second-order valence-electron chi connectivity index (χ2n) is 5.73. The van der Waals surface area contributed by atoms with E-state index < -0.39 is 18.1 Å². The van der Waals surface area contributed by atoms with Gasteiger partial charge in [0.05, 0.1) is 5.69 Å². The molecule has 5 nitrogen and oxygen atoms in total. The molecule has 8 heteroatoms. The van der Waals surface area contributed by atoms with Gasteiger partial charge < -0.3 is 15.5 Å². The zero-order valence-electron chi connectivity index (χ0n) is 12.1. The number of nitrogens with one attached hydrogen (secondary N) is 2. The van der Waals surface area contributed by atoms with Gasteiger partial charge in [-0.25, -0.2) is 4.98 Å². The number of aromatic nitrogens is 1. The van der Waals surface area contributed by atoms with Crippen LogP contribution in [0.1, 0.15) is 30.3 Å². The van der Waals surface area contributed by atoms with Crippen LogP contribution in [0, 0.1) is 0 Å². The fourth-order valence-electron chi connectivity index (χ4n) is 2.80. The van der Waals surface area contributed by atoms with Crippen LogP contribution in [0.15, 0.2) is 12.1 Å². The second kappa shape index (κ2) is 5.33. The lowest BCUT2D eigenvalue weighted by Crippen LogP contribution is -2.47. The molecule has 3 rings (SSSR count). The Morgan fingerprint density at radius 3 is 3.00 bits per heavy atom. The first-order valence-electron chi connectivity index (χ1n) is 7.24. The Morgan fingerprint density at radius 2 is 2.27 bits per heavy atom. The monoisotopic (exact) mass is 314 g/mol. The molecule has 1 aromatic heterocycles. The number of hydrogen-bond donors (Lipinski definition) is 2. The Morgan fingerprint density at radius 1 is 1.50 bits per heavy atom. The molecule has 22 heavy (non-hydrogen) atoms. The summed E-state index contributed by atoms with van der Waals surface area (Å²) in [4.78, 5) is 18.3. The van der Waals surface area contributed by atoms with E-state index in [2.05, 4.69) is 15.2 Å². The largest absolute Gasteiger partial charge is 0.408 e. The molecule has 2 atom stereocenters. The lowest BCUT2D eigenvalue weighted by atomic mass is 10.0. The summed E-state index contributed by atoms with van der Waals surface area (Å²) in [5.74, 6) is -0.247. The van der Waals surface area contributed by atoms with Gasteiger partial charge in [0.15, 0.2) is 5.82 Å². The average molecular weight is 314 g/mol. The quantitative estimate of drug-likeness (QED) is 0.878. The molecule has 1 aromatic rings. The van der Waals surface area contributed by atoms with Gasteiger partial charge in [0.2, 0.25) is 0 Å². The van der Waals surface area contributed by atoms with Gasteiger partial charge in [-0.1, -0.05) is 0 Å². The van der Waals surface area contributed by atoms with Crippen LogP contribution in [0.5, 0.6) is 0 Å². The third-order valence-corrected chi connectivity index (χ3v) is 4.05. The predicted molar refractivity (Wildman–Crippen MR) is 76.1 cm³/mol. The summed E-state index contributed by atoms with van der Waals surface area (Å²) in [5, 5.41) is 5.18. The van der Waals surface area contributed by atoms with E-state index in [0.717, 1.165) is 38.5 Å². The number of carbonyl (C=O) groups is 1. The normalized spacial score (nSPS) is 21.6. The number of hydrogen-bond acceptors (Lipinski definition) is 4. The summed E-state index contributed by atoms with van der Waals surface area (Å²) in [7, 11) is 0. The van der Waals surface area contributed by atoms with E-state index in [1.54, 1.807) is 6.07 Å². The molecule has 3 heterocycles. The Bertz CT molecular complexity index is 590. The fraction of sp³-hybridized carbons (Fsp3) is 0.571. The molecule has 2 N–H and O–H groups in total. The molecule has 0 aliphatic carbocycles. The number of piperidine rings is 1. The number of halogens is 3. The first kappa shape index (κ1) is 14.9. The standard InChI is InChI=1S/C14H17F3N4O/c1-8(14(15,16)17)18-13(22)10-4-5-11-12(20-10)19-9-3-2-6-21(11)7-9/h4-5,8-9H,2-3,6-7H2,1H3,(H,18,22)(H,19,20)/t8-,9+/m1/s1. The number of fused-ring (bicyclic) bond motifs is 4. The third kappa shape index (κ3) is 2.82. The molecule has 1 amide bonds. The van der Waals surface area contributed by atoms with E-state index in [0.29, 0.717) is 5.82 Å². The van der Waals surface area contributed by atoms with Gasteiger partial charge in [-0.15, -0.1) is 0 Å². The van der Waals surface area contributed by atoms with Crippen LogP contribution in [0.2, 0.25) is 0 Å². The number of anilines is 2. The van der Waals surface area contributed by atoms with Crippen LogP contribution in [-0.4, -0.2) is 42.2 Å². The molecule has 120 valence electrons. The molecule has 2 aliphatic rings. The summed E-state index contributed by atoms with van der Waals surface area (Å²) in [6.07, 6.45) is -2.35. The molecule has 0 saturated carbocycles. The van der Waals surface area contributed by atoms with Gasteiger partial charge in [-0.3, -0.25) is 4.79 Å². The topological polar surface area (TPSA) is 57.3 Å². The highest BCUT2D eigenvalue weighted by Crippen LogP contribution is 2.33. The highest BCUT2D eigenvalue weighted by Gasteiger charge is 2.37. The van der Waals surface area contributed by atoms with Crippen molar-refractivity contribution in [1.82, 2.24) is 10.3 Å². The zero-order chi connectivity index (χ0) is 15.9. The van der Waals surface area contributed by atoms with Crippen molar-refractivity contribution in [1.29, 1.82) is 0 Å². The predicted octanol–water partition coefficient (Wildman–Crippen LogP) is 2.16. The maximum absolute atomic E-state index is 12.5. The van der Waals surface area contributed by atoms with Crippen molar-refractivity contribution >= 4 is 17.4 Å². The van der Waals surface area contributed by atoms with E-state index in [1.165, 1.54) is 6.07 Å². The van der Waals surface area contributed by atoms with Crippen molar-refractivity contribution < 1.29 is 18.0 Å². The van der Waals surface area contributed by atoms with Gasteiger partial charge in [0.25, 0.3) is 5.91 Å². The molecule has 0 aromatic carbocycles. The summed E-state index contributed by atoms with van der Waals surface area (Å²) in [5.41, 5.74) is 0.889. The second-order valence-corrected chi connectivity index (χ2v) is 5.73. The van der Waals surface area contributed by atoms with Gasteiger partial charge in [-0.05, 0) is 31.9 Å². The molecule has 2 aliphatic heterocycles. The van der Waals surface area contributed by atoms with Crippen LogP contribution in [0.3, 0.4) is 0 Å². The van der Waals surface area contributed by atoms with Crippen molar-refractivity contribution in [3.8, 4) is 0 Å². The molecular weight excluding hydrogens is 297 g/mol. The zero-order valence-corrected chi connectivity index (χ0v) is 12.1. The minimum atomic E-state index is -4.47. The van der Waals surface area contributed by atoms with Gasteiger partial charge in [-0.2, -0.15) is 13.2 Å². The summed E-state index contributed by atoms with van der Waals surface area (Å²) < 4.78 is 37.5. The maximum Gasteiger partial charge on any atom is 0.408 e. The van der Waals surface area contributed by atoms with E-state index in [4.69, 9.17) is 0 Å². The average Bonchev–Trinajstić information content (AvgIpc) is 2.45. The number of pyridine rings is 1. The highest BCUT2D eigenvalue weighted by molar-refractivity contribution is 5.93. The first-order chi connectivity index (χ1) is 10.3. The number of carbonyl (C=O) groups excluding carboxylic acids is 1. The van der Waals surface area contributed by atoms with Crippen LogP contribution < -0.4 is 15.5 Å². The van der Waals surface area contributed by atoms with Crippen molar-refractivity contribution in [2.75, 3.05) is 23.3 Å². The molecular formula is C14H17F3N4O. The maximum atomic E-state index is 12.5. The van der Waals surface area contributed by atoms with Crippen molar-refractivity contribution in [3.63, 3.8) is 0 Å². The molecule has 2 bridgehead atoms. The van der Waals surface area contributed by atoms with E-state index in [9.17, 15) is 18.0 Å². The van der Waals surface area contributed by atoms with Crippen molar-refractivity contribution in [3.05, 3.63) is 17.8 Å². The summed E-state index contributed by atoms with van der Waals surface area (Å²) >= 11 is 0. The molecule has 0 radical (unpaired) electrons. The summed E-state index contributed by atoms with van der Waals surface area (Å²) in [6.45, 7) is 2.74. The lowest BCUT2D eigenvalue weighted by Gasteiger charge is -2.40. The Labute approximate surface area is 125 Å². The number of rotatable bonds is 2. The number of amides is 1. The van der Waals surface area contributed by atoms with E-state index >= 15 is 0 Å². The smallest absolute Gasteiger partial charge is 0.366 e. The minimum absolute atomic E-state index is 0.0106. The van der Waals surface area contributed by atoms with E-state index in [-0.39, 0.29) is 11.7 Å². The Balaban J connectivity index is 1.79. The molecule has 1 fully saturated rings. The third-order valence-electron chi connectivity index (χ3n) is 4.05. The Hall–Kier alpha value is -1.99. The number of nitrogens with zero attached hydrogens (tertiary/aromatic N) is 2. The van der Waals surface area contributed by atoms with Gasteiger partial charge in [0.1, 0.15) is 11.7 Å². The minimum Gasteiger partial charge on any atom is -0.366 e. The van der Waals surface area contributed by atoms with Crippen LogP contribution in [0.4, 0.5) is 24.7 Å². The van der Waals surface area contributed by atoms with Gasteiger partial charge in [0, 0.05) is 19.1 Å². The first-order valence-corrected chi connectivity index (χ1v) is 7.24. The summed E-state index contributed by atoms with van der Waals surface area (Å²) in [6, 6.07) is 1.58.